The Kier molecular flexibility index (Phi) is 2.92. The summed E-state index contributed by atoms with van der Waals surface area (Å²) < 4.78 is 2.28. The third kappa shape index (κ3) is 1.87. The minimum Gasteiger partial charge on any atom is -0.308 e. The van der Waals surface area contributed by atoms with Crippen LogP contribution in [0.1, 0.15) is 64.0 Å². The molecule has 0 saturated heterocycles. The zero-order valence-electron chi connectivity index (χ0n) is 11.5. The fourth-order valence-corrected chi connectivity index (χ4v) is 4.12. The van der Waals surface area contributed by atoms with Crippen molar-refractivity contribution in [2.45, 2.75) is 63.8 Å². The monoisotopic (exact) mass is 267 g/mol. The first-order chi connectivity index (χ1) is 8.50. The number of rotatable bonds is 2. The molecule has 3 unspecified atom stereocenters. The summed E-state index contributed by atoms with van der Waals surface area (Å²) in [4.78, 5) is 0. The molecule has 3 atom stereocenters. The van der Waals surface area contributed by atoms with E-state index >= 15 is 0 Å². The lowest BCUT2D eigenvalue weighted by Crippen LogP contribution is -2.28. The first-order valence-corrected chi connectivity index (χ1v) is 7.54. The number of nitrogens with zero attached hydrogens (tertiary/aromatic N) is 3. The first kappa shape index (κ1) is 12.5. The summed E-state index contributed by atoms with van der Waals surface area (Å²) in [6.45, 7) is 6.63. The average molecular weight is 268 g/mol. The van der Waals surface area contributed by atoms with Crippen molar-refractivity contribution in [3.63, 3.8) is 0 Å². The normalized spacial score (nSPS) is 31.2. The fourth-order valence-electron chi connectivity index (χ4n) is 3.95. The molecular weight excluding hydrogens is 246 g/mol. The molecule has 1 aromatic rings. The molecular formula is C14H22ClN3. The van der Waals surface area contributed by atoms with Crippen LogP contribution in [0.3, 0.4) is 0 Å². The van der Waals surface area contributed by atoms with E-state index in [1.54, 1.807) is 0 Å². The molecule has 18 heavy (non-hydrogen) atoms. The van der Waals surface area contributed by atoms with Crippen LogP contribution in [0.2, 0.25) is 0 Å². The van der Waals surface area contributed by atoms with E-state index in [0.29, 0.717) is 11.8 Å². The minimum atomic E-state index is 0.0187. The van der Waals surface area contributed by atoms with E-state index in [4.69, 9.17) is 11.6 Å². The highest BCUT2D eigenvalue weighted by Gasteiger charge is 2.43. The van der Waals surface area contributed by atoms with Gasteiger partial charge in [-0.15, -0.1) is 21.8 Å². The molecule has 2 aliphatic rings. The number of hydrogen-bond acceptors (Lipinski definition) is 2. The Hall–Kier alpha value is -0.570. The van der Waals surface area contributed by atoms with Gasteiger partial charge in [0.2, 0.25) is 0 Å². The quantitative estimate of drug-likeness (QED) is 0.766. The molecule has 0 amide bonds. The lowest BCUT2D eigenvalue weighted by molar-refractivity contribution is 0.330. The number of halogens is 1. The van der Waals surface area contributed by atoms with Crippen LogP contribution in [0.5, 0.6) is 0 Å². The van der Waals surface area contributed by atoms with Crippen molar-refractivity contribution in [3.8, 4) is 0 Å². The SMILES string of the molecule is CC(C)(C)n1c(CCl)nnc1C1CC2CCC1C2. The van der Waals surface area contributed by atoms with Crippen LogP contribution in [-0.2, 0) is 11.4 Å². The predicted molar refractivity (Wildman–Crippen MR) is 72.8 cm³/mol. The highest BCUT2D eigenvalue weighted by molar-refractivity contribution is 6.16. The molecule has 0 aromatic carbocycles. The Labute approximate surface area is 114 Å². The average Bonchev–Trinajstić information content (AvgIpc) is 3.01. The molecule has 3 rings (SSSR count). The smallest absolute Gasteiger partial charge is 0.148 e. The van der Waals surface area contributed by atoms with E-state index in [0.717, 1.165) is 17.7 Å². The number of hydrogen-bond donors (Lipinski definition) is 0. The van der Waals surface area contributed by atoms with E-state index in [9.17, 15) is 0 Å². The molecule has 2 fully saturated rings. The summed E-state index contributed by atoms with van der Waals surface area (Å²) in [5.41, 5.74) is 0.0187. The third-order valence-corrected chi connectivity index (χ3v) is 4.85. The maximum absolute atomic E-state index is 6.01. The van der Waals surface area contributed by atoms with Gasteiger partial charge in [-0.05, 0) is 51.9 Å². The first-order valence-electron chi connectivity index (χ1n) is 7.01. The molecule has 2 saturated carbocycles. The molecule has 0 radical (unpaired) electrons. The van der Waals surface area contributed by atoms with Crippen molar-refractivity contribution in [1.82, 2.24) is 14.8 Å². The molecule has 2 bridgehead atoms. The van der Waals surface area contributed by atoms with Gasteiger partial charge in [0.15, 0.2) is 0 Å². The molecule has 2 aliphatic carbocycles. The Morgan fingerprint density at radius 3 is 2.50 bits per heavy atom. The van der Waals surface area contributed by atoms with Gasteiger partial charge >= 0.3 is 0 Å². The summed E-state index contributed by atoms with van der Waals surface area (Å²) >= 11 is 6.01. The van der Waals surface area contributed by atoms with E-state index in [-0.39, 0.29) is 5.54 Å². The Balaban J connectivity index is 2.00. The molecule has 0 spiro atoms. The molecule has 1 aromatic heterocycles. The van der Waals surface area contributed by atoms with Crippen LogP contribution in [0.25, 0.3) is 0 Å². The Bertz CT molecular complexity index is 446. The van der Waals surface area contributed by atoms with Crippen molar-refractivity contribution in [3.05, 3.63) is 11.6 Å². The van der Waals surface area contributed by atoms with E-state index in [1.165, 1.54) is 31.5 Å². The number of aromatic nitrogens is 3. The van der Waals surface area contributed by atoms with Gasteiger partial charge in [-0.3, -0.25) is 0 Å². The summed E-state index contributed by atoms with van der Waals surface area (Å²) in [7, 11) is 0. The van der Waals surface area contributed by atoms with Crippen LogP contribution >= 0.6 is 11.6 Å². The molecule has 4 heteroatoms. The molecule has 0 N–H and O–H groups in total. The van der Waals surface area contributed by atoms with Gasteiger partial charge in [-0.25, -0.2) is 0 Å². The molecule has 100 valence electrons. The topological polar surface area (TPSA) is 30.7 Å². The number of alkyl halides is 1. The highest BCUT2D eigenvalue weighted by atomic mass is 35.5. The van der Waals surface area contributed by atoms with E-state index < -0.39 is 0 Å². The van der Waals surface area contributed by atoms with Gasteiger partial charge in [-0.2, -0.15) is 0 Å². The van der Waals surface area contributed by atoms with E-state index in [1.807, 2.05) is 0 Å². The lowest BCUT2D eigenvalue weighted by atomic mass is 9.87. The van der Waals surface area contributed by atoms with Gasteiger partial charge in [0.25, 0.3) is 0 Å². The van der Waals surface area contributed by atoms with Gasteiger partial charge in [0.05, 0.1) is 5.88 Å². The summed E-state index contributed by atoms with van der Waals surface area (Å²) in [6.07, 6.45) is 5.51. The molecule has 0 aliphatic heterocycles. The van der Waals surface area contributed by atoms with Crippen LogP contribution in [0.4, 0.5) is 0 Å². The number of fused-ring (bicyclic) bond motifs is 2. The van der Waals surface area contributed by atoms with Crippen molar-refractivity contribution >= 4 is 11.6 Å². The van der Waals surface area contributed by atoms with Crippen LogP contribution in [-0.4, -0.2) is 14.8 Å². The largest absolute Gasteiger partial charge is 0.308 e. The zero-order valence-corrected chi connectivity index (χ0v) is 12.2. The molecule has 3 nitrogen and oxygen atoms in total. The standard InChI is InChI=1S/C14H22ClN3/c1-14(2,3)18-12(8-15)16-17-13(18)11-7-9-4-5-10(11)6-9/h9-11H,4-8H2,1-3H3. The third-order valence-electron chi connectivity index (χ3n) is 4.62. The second kappa shape index (κ2) is 4.22. The van der Waals surface area contributed by atoms with Crippen molar-refractivity contribution < 1.29 is 0 Å². The van der Waals surface area contributed by atoms with Crippen LogP contribution < -0.4 is 0 Å². The maximum atomic E-state index is 6.01. The van der Waals surface area contributed by atoms with Crippen molar-refractivity contribution in [2.75, 3.05) is 0 Å². The highest BCUT2D eigenvalue weighted by Crippen LogP contribution is 2.52. The summed E-state index contributed by atoms with van der Waals surface area (Å²) in [5.74, 6) is 4.94. The van der Waals surface area contributed by atoms with Crippen molar-refractivity contribution in [1.29, 1.82) is 0 Å². The van der Waals surface area contributed by atoms with Gasteiger partial charge in [0, 0.05) is 11.5 Å². The van der Waals surface area contributed by atoms with Crippen LogP contribution in [0.15, 0.2) is 0 Å². The van der Waals surface area contributed by atoms with Gasteiger partial charge in [-0.1, -0.05) is 6.42 Å². The van der Waals surface area contributed by atoms with Crippen molar-refractivity contribution in [2.24, 2.45) is 11.8 Å². The summed E-state index contributed by atoms with van der Waals surface area (Å²) in [6, 6.07) is 0. The second-order valence-corrected chi connectivity index (χ2v) is 7.16. The van der Waals surface area contributed by atoms with Gasteiger partial charge in [0.1, 0.15) is 11.6 Å². The predicted octanol–water partition coefficient (Wildman–Crippen LogP) is 3.68. The maximum Gasteiger partial charge on any atom is 0.148 e. The Morgan fingerprint density at radius 1 is 1.22 bits per heavy atom. The van der Waals surface area contributed by atoms with E-state index in [2.05, 4.69) is 35.5 Å². The fraction of sp³-hybridized carbons (Fsp3) is 0.857. The Morgan fingerprint density at radius 2 is 2.00 bits per heavy atom. The van der Waals surface area contributed by atoms with Gasteiger partial charge < -0.3 is 4.57 Å². The minimum absolute atomic E-state index is 0.0187. The second-order valence-electron chi connectivity index (χ2n) is 6.90. The molecule has 1 heterocycles. The van der Waals surface area contributed by atoms with Crippen LogP contribution in [0, 0.1) is 11.8 Å². The summed E-state index contributed by atoms with van der Waals surface area (Å²) in [5, 5.41) is 8.79. The zero-order chi connectivity index (χ0) is 12.9. The lowest BCUT2D eigenvalue weighted by Gasteiger charge is -2.29.